The topological polar surface area (TPSA) is 44.1 Å². The fourth-order valence-corrected chi connectivity index (χ4v) is 3.51. The molecule has 0 aliphatic heterocycles. The normalized spacial score (nSPS) is 11.4. The second kappa shape index (κ2) is 7.61. The second-order valence-corrected chi connectivity index (χ2v) is 8.56. The van der Waals surface area contributed by atoms with E-state index in [-0.39, 0.29) is 11.5 Å². The van der Waals surface area contributed by atoms with Crippen LogP contribution in [0.25, 0.3) is 0 Å². The zero-order valence-corrected chi connectivity index (χ0v) is 17.1. The molecule has 0 saturated heterocycles. The Labute approximate surface area is 164 Å². The van der Waals surface area contributed by atoms with Gasteiger partial charge in [-0.05, 0) is 58.9 Å². The van der Waals surface area contributed by atoms with E-state index in [9.17, 15) is 4.79 Å². The monoisotopic (exact) mass is 380 g/mol. The summed E-state index contributed by atoms with van der Waals surface area (Å²) in [6.45, 7) is 10.1. The van der Waals surface area contributed by atoms with Crippen molar-refractivity contribution in [1.29, 1.82) is 0 Å². The summed E-state index contributed by atoms with van der Waals surface area (Å²) in [5.41, 5.74) is 2.25. The standard InChI is InChI=1S/C22H24N2O2S/c1-15-11-13-18(14-12-15)27-19-16(2)23-24(22(3,4)5)20(19)26-21(25)17-9-7-6-8-10-17/h6-14H,1-5H3. The van der Waals surface area contributed by atoms with Crippen molar-refractivity contribution in [3.63, 3.8) is 0 Å². The van der Waals surface area contributed by atoms with Crippen molar-refractivity contribution in [3.05, 3.63) is 71.4 Å². The Hall–Kier alpha value is -2.53. The number of rotatable bonds is 4. The lowest BCUT2D eigenvalue weighted by Crippen LogP contribution is -2.25. The highest BCUT2D eigenvalue weighted by atomic mass is 32.2. The highest BCUT2D eigenvalue weighted by Gasteiger charge is 2.27. The maximum absolute atomic E-state index is 12.7. The summed E-state index contributed by atoms with van der Waals surface area (Å²) in [6, 6.07) is 17.3. The van der Waals surface area contributed by atoms with Gasteiger partial charge in [0.1, 0.15) is 0 Å². The Morgan fingerprint density at radius 2 is 1.63 bits per heavy atom. The molecule has 0 bridgehead atoms. The number of hydrogen-bond donors (Lipinski definition) is 0. The SMILES string of the molecule is Cc1ccc(Sc2c(C)nn(C(C)(C)C)c2OC(=O)c2ccccc2)cc1. The van der Waals surface area contributed by atoms with Crippen molar-refractivity contribution in [1.82, 2.24) is 9.78 Å². The number of aromatic nitrogens is 2. The third kappa shape index (κ3) is 4.42. The van der Waals surface area contributed by atoms with Crippen LogP contribution in [0.3, 0.4) is 0 Å². The quantitative estimate of drug-likeness (QED) is 0.551. The summed E-state index contributed by atoms with van der Waals surface area (Å²) in [5, 5.41) is 4.66. The Morgan fingerprint density at radius 1 is 1.00 bits per heavy atom. The molecule has 140 valence electrons. The molecule has 2 aromatic carbocycles. The van der Waals surface area contributed by atoms with Crippen LogP contribution in [0.1, 0.15) is 42.4 Å². The molecule has 27 heavy (non-hydrogen) atoms. The molecule has 0 N–H and O–H groups in total. The van der Waals surface area contributed by atoms with Crippen LogP contribution in [0.2, 0.25) is 0 Å². The second-order valence-electron chi connectivity index (χ2n) is 7.47. The van der Waals surface area contributed by atoms with E-state index in [0.29, 0.717) is 11.4 Å². The molecule has 0 aliphatic carbocycles. The minimum Gasteiger partial charge on any atom is -0.403 e. The number of benzene rings is 2. The van der Waals surface area contributed by atoms with Crippen LogP contribution in [0, 0.1) is 13.8 Å². The third-order valence-corrected chi connectivity index (χ3v) is 5.22. The van der Waals surface area contributed by atoms with Gasteiger partial charge in [0.2, 0.25) is 5.88 Å². The summed E-state index contributed by atoms with van der Waals surface area (Å²) in [5.74, 6) is 0.103. The average Bonchev–Trinajstić information content (AvgIpc) is 2.94. The van der Waals surface area contributed by atoms with Crippen molar-refractivity contribution in [3.8, 4) is 5.88 Å². The Kier molecular flexibility index (Phi) is 5.42. The van der Waals surface area contributed by atoms with E-state index in [2.05, 4.69) is 36.3 Å². The van der Waals surface area contributed by atoms with Crippen molar-refractivity contribution in [2.45, 2.75) is 49.9 Å². The molecule has 0 fully saturated rings. The van der Waals surface area contributed by atoms with Crippen LogP contribution in [-0.2, 0) is 5.54 Å². The maximum atomic E-state index is 12.7. The van der Waals surface area contributed by atoms with Gasteiger partial charge in [-0.15, -0.1) is 0 Å². The first kappa shape index (κ1) is 19.2. The van der Waals surface area contributed by atoms with Crippen molar-refractivity contribution >= 4 is 17.7 Å². The summed E-state index contributed by atoms with van der Waals surface area (Å²) in [7, 11) is 0. The summed E-state index contributed by atoms with van der Waals surface area (Å²) in [6.07, 6.45) is 0. The van der Waals surface area contributed by atoms with Crippen molar-refractivity contribution in [2.24, 2.45) is 0 Å². The van der Waals surface area contributed by atoms with Gasteiger partial charge in [-0.1, -0.05) is 47.7 Å². The number of carbonyl (C=O) groups excluding carboxylic acids is 1. The van der Waals surface area contributed by atoms with E-state index in [4.69, 9.17) is 4.74 Å². The smallest absolute Gasteiger partial charge is 0.344 e. The zero-order valence-electron chi connectivity index (χ0n) is 16.3. The molecular formula is C22H24N2O2S. The molecule has 0 aliphatic rings. The number of esters is 1. The summed E-state index contributed by atoms with van der Waals surface area (Å²) in [4.78, 5) is 14.6. The van der Waals surface area contributed by atoms with Crippen LogP contribution in [-0.4, -0.2) is 15.7 Å². The summed E-state index contributed by atoms with van der Waals surface area (Å²) < 4.78 is 7.64. The Morgan fingerprint density at radius 3 is 2.22 bits per heavy atom. The molecule has 5 heteroatoms. The molecule has 4 nitrogen and oxygen atoms in total. The van der Waals surface area contributed by atoms with Crippen LogP contribution in [0.4, 0.5) is 0 Å². The number of nitrogens with zero attached hydrogens (tertiary/aromatic N) is 2. The van der Waals surface area contributed by atoms with Crippen molar-refractivity contribution in [2.75, 3.05) is 0 Å². The number of carbonyl (C=O) groups is 1. The first-order valence-electron chi connectivity index (χ1n) is 8.87. The van der Waals surface area contributed by atoms with E-state index >= 15 is 0 Å². The van der Waals surface area contributed by atoms with Gasteiger partial charge >= 0.3 is 5.97 Å². The fraction of sp³-hybridized carbons (Fsp3) is 0.273. The molecule has 0 unspecified atom stereocenters. The van der Waals surface area contributed by atoms with E-state index in [1.807, 2.05) is 45.9 Å². The van der Waals surface area contributed by atoms with Crippen LogP contribution in [0.5, 0.6) is 5.88 Å². The van der Waals surface area contributed by atoms with Gasteiger partial charge in [0, 0.05) is 4.90 Å². The van der Waals surface area contributed by atoms with Crippen molar-refractivity contribution < 1.29 is 9.53 Å². The number of aryl methyl sites for hydroxylation is 2. The molecule has 0 amide bonds. The van der Waals surface area contributed by atoms with Crippen LogP contribution < -0.4 is 4.74 Å². The van der Waals surface area contributed by atoms with Crippen LogP contribution in [0.15, 0.2) is 64.4 Å². The van der Waals surface area contributed by atoms with Gasteiger partial charge in [-0.25, -0.2) is 9.48 Å². The highest BCUT2D eigenvalue weighted by molar-refractivity contribution is 7.99. The van der Waals surface area contributed by atoms with E-state index in [1.165, 1.54) is 5.56 Å². The average molecular weight is 381 g/mol. The van der Waals surface area contributed by atoms with Gasteiger partial charge in [-0.3, -0.25) is 0 Å². The Bertz CT molecular complexity index is 939. The minimum atomic E-state index is -0.383. The van der Waals surface area contributed by atoms with Gasteiger partial charge in [0.15, 0.2) is 0 Å². The van der Waals surface area contributed by atoms with Crippen LogP contribution >= 0.6 is 11.8 Å². The fourth-order valence-electron chi connectivity index (χ4n) is 2.60. The van der Waals surface area contributed by atoms with Gasteiger partial charge < -0.3 is 4.74 Å². The van der Waals surface area contributed by atoms with Gasteiger partial charge in [0.05, 0.1) is 21.7 Å². The lowest BCUT2D eigenvalue weighted by molar-refractivity contribution is 0.0704. The largest absolute Gasteiger partial charge is 0.403 e. The number of ether oxygens (including phenoxy) is 1. The van der Waals surface area contributed by atoms with Gasteiger partial charge in [0.25, 0.3) is 0 Å². The first-order valence-corrected chi connectivity index (χ1v) is 9.69. The van der Waals surface area contributed by atoms with E-state index in [1.54, 1.807) is 28.6 Å². The van der Waals surface area contributed by atoms with Gasteiger partial charge in [-0.2, -0.15) is 5.10 Å². The first-order chi connectivity index (χ1) is 12.8. The lowest BCUT2D eigenvalue weighted by Gasteiger charge is -2.22. The molecule has 0 atom stereocenters. The predicted octanol–water partition coefficient (Wildman–Crippen LogP) is 5.63. The summed E-state index contributed by atoms with van der Waals surface area (Å²) >= 11 is 1.56. The van der Waals surface area contributed by atoms with E-state index in [0.717, 1.165) is 15.5 Å². The molecular weight excluding hydrogens is 356 g/mol. The minimum absolute atomic E-state index is 0.316. The third-order valence-electron chi connectivity index (χ3n) is 4.04. The Balaban J connectivity index is 2.01. The molecule has 0 spiro atoms. The zero-order chi connectivity index (χ0) is 19.6. The molecule has 3 rings (SSSR count). The predicted molar refractivity (Wildman–Crippen MR) is 109 cm³/mol. The highest BCUT2D eigenvalue weighted by Crippen LogP contribution is 2.40. The lowest BCUT2D eigenvalue weighted by atomic mass is 10.1. The number of hydrogen-bond acceptors (Lipinski definition) is 4. The molecule has 1 heterocycles. The molecule has 1 aromatic heterocycles. The molecule has 3 aromatic rings. The maximum Gasteiger partial charge on any atom is 0.344 e. The molecule has 0 radical (unpaired) electrons. The molecule has 0 saturated carbocycles. The van der Waals surface area contributed by atoms with E-state index < -0.39 is 0 Å².